The van der Waals surface area contributed by atoms with E-state index in [1.807, 2.05) is 48.2 Å². The second-order valence-corrected chi connectivity index (χ2v) is 5.04. The lowest BCUT2D eigenvalue weighted by molar-refractivity contribution is 0.0662. The van der Waals surface area contributed by atoms with E-state index in [4.69, 9.17) is 4.42 Å². The van der Waals surface area contributed by atoms with E-state index in [1.54, 1.807) is 0 Å². The lowest BCUT2D eigenvalue weighted by Gasteiger charge is -2.36. The molecule has 0 bridgehead atoms. The minimum atomic E-state index is -0.231. The van der Waals surface area contributed by atoms with E-state index < -0.39 is 0 Å². The van der Waals surface area contributed by atoms with Crippen LogP contribution in [0.15, 0.2) is 40.8 Å². The van der Waals surface area contributed by atoms with E-state index >= 15 is 0 Å². The number of furan rings is 1. The first-order valence-electron chi connectivity index (χ1n) is 6.93. The Morgan fingerprint density at radius 1 is 1.25 bits per heavy atom. The summed E-state index contributed by atoms with van der Waals surface area (Å²) in [7, 11) is 0. The molecule has 1 aromatic carbocycles. The fourth-order valence-electron chi connectivity index (χ4n) is 2.59. The summed E-state index contributed by atoms with van der Waals surface area (Å²) in [6.07, 6.45) is 0.678. The highest BCUT2D eigenvalue weighted by atomic mass is 16.3. The summed E-state index contributed by atoms with van der Waals surface area (Å²) in [6.45, 7) is 4.68. The number of carbonyl (C=O) groups is 1. The summed E-state index contributed by atoms with van der Waals surface area (Å²) in [5.74, 6) is 1.68. The Kier molecular flexibility index (Phi) is 3.22. The molecular weight excluding hydrogens is 252 g/mol. The fraction of sp³-hybridized carbons (Fsp3) is 0.312. The first-order valence-corrected chi connectivity index (χ1v) is 6.93. The quantitative estimate of drug-likeness (QED) is 0.927. The van der Waals surface area contributed by atoms with Crippen molar-refractivity contribution in [3.8, 4) is 0 Å². The monoisotopic (exact) mass is 270 g/mol. The third kappa shape index (κ3) is 2.07. The maximum absolute atomic E-state index is 12.6. The number of anilines is 1. The van der Waals surface area contributed by atoms with Gasteiger partial charge in [0.25, 0.3) is 5.91 Å². The molecule has 1 aliphatic rings. The van der Waals surface area contributed by atoms with Crippen molar-refractivity contribution in [2.75, 3.05) is 11.9 Å². The van der Waals surface area contributed by atoms with Crippen LogP contribution in [0.1, 0.15) is 41.4 Å². The number of carbonyl (C=O) groups excluding carboxylic acids is 1. The van der Waals surface area contributed by atoms with Gasteiger partial charge in [-0.2, -0.15) is 0 Å². The van der Waals surface area contributed by atoms with Crippen LogP contribution in [-0.2, 0) is 0 Å². The standard InChI is InChI=1S/C16H18N2O2/c1-3-10-18-15(14-9-8-11(2)20-14)17-13-7-5-4-6-12(13)16(18)19/h4-9,15,17H,3,10H2,1-2H3. The molecule has 2 heterocycles. The molecule has 4 heteroatoms. The van der Waals surface area contributed by atoms with Gasteiger partial charge in [-0.25, -0.2) is 0 Å². The molecule has 1 atom stereocenters. The SMILES string of the molecule is CCCN1C(=O)c2ccccc2NC1c1ccc(C)o1. The second kappa shape index (κ2) is 5.04. The molecule has 104 valence electrons. The smallest absolute Gasteiger partial charge is 0.257 e. The predicted molar refractivity (Wildman–Crippen MR) is 77.6 cm³/mol. The average Bonchev–Trinajstić information content (AvgIpc) is 2.88. The topological polar surface area (TPSA) is 45.5 Å². The van der Waals surface area contributed by atoms with Crippen LogP contribution < -0.4 is 5.32 Å². The Morgan fingerprint density at radius 3 is 2.75 bits per heavy atom. The Bertz CT molecular complexity index is 633. The molecule has 1 aromatic heterocycles. The average molecular weight is 270 g/mol. The summed E-state index contributed by atoms with van der Waals surface area (Å²) in [5.41, 5.74) is 1.59. The van der Waals surface area contributed by atoms with E-state index in [2.05, 4.69) is 12.2 Å². The zero-order valence-electron chi connectivity index (χ0n) is 11.7. The van der Waals surface area contributed by atoms with Gasteiger partial charge in [0, 0.05) is 12.2 Å². The first-order chi connectivity index (χ1) is 9.70. The number of amides is 1. The Hall–Kier alpha value is -2.23. The van der Waals surface area contributed by atoms with Crippen LogP contribution in [0.25, 0.3) is 0 Å². The van der Waals surface area contributed by atoms with Gasteiger partial charge in [0.15, 0.2) is 6.17 Å². The van der Waals surface area contributed by atoms with Crippen molar-refractivity contribution in [1.29, 1.82) is 0 Å². The van der Waals surface area contributed by atoms with Gasteiger partial charge in [-0.15, -0.1) is 0 Å². The number of benzene rings is 1. The summed E-state index contributed by atoms with van der Waals surface area (Å²) in [6, 6.07) is 11.5. The van der Waals surface area contributed by atoms with Crippen LogP contribution >= 0.6 is 0 Å². The zero-order valence-corrected chi connectivity index (χ0v) is 11.7. The van der Waals surface area contributed by atoms with Crippen LogP contribution in [-0.4, -0.2) is 17.4 Å². The summed E-state index contributed by atoms with van der Waals surface area (Å²) >= 11 is 0. The molecule has 0 saturated heterocycles. The molecule has 1 amide bonds. The lowest BCUT2D eigenvalue weighted by atomic mass is 10.1. The highest BCUT2D eigenvalue weighted by molar-refractivity contribution is 6.01. The number of fused-ring (bicyclic) bond motifs is 1. The van der Waals surface area contributed by atoms with Crippen molar-refractivity contribution in [1.82, 2.24) is 4.90 Å². The third-order valence-corrected chi connectivity index (χ3v) is 3.52. The van der Waals surface area contributed by atoms with Crippen molar-refractivity contribution in [2.24, 2.45) is 0 Å². The molecule has 3 rings (SSSR count). The van der Waals surface area contributed by atoms with Crippen molar-refractivity contribution in [3.63, 3.8) is 0 Å². The molecule has 0 saturated carbocycles. The molecule has 1 aliphatic heterocycles. The minimum absolute atomic E-state index is 0.0558. The van der Waals surface area contributed by atoms with E-state index in [0.717, 1.165) is 29.2 Å². The maximum Gasteiger partial charge on any atom is 0.257 e. The van der Waals surface area contributed by atoms with Crippen LogP contribution in [0, 0.1) is 6.92 Å². The number of nitrogens with zero attached hydrogens (tertiary/aromatic N) is 1. The molecular formula is C16H18N2O2. The molecule has 2 aromatic rings. The zero-order chi connectivity index (χ0) is 14.1. The van der Waals surface area contributed by atoms with Gasteiger partial charge in [0.1, 0.15) is 11.5 Å². The van der Waals surface area contributed by atoms with Crippen molar-refractivity contribution >= 4 is 11.6 Å². The van der Waals surface area contributed by atoms with Crippen molar-refractivity contribution < 1.29 is 9.21 Å². The van der Waals surface area contributed by atoms with Gasteiger partial charge in [0.05, 0.1) is 5.56 Å². The minimum Gasteiger partial charge on any atom is -0.462 e. The number of hydrogen-bond acceptors (Lipinski definition) is 3. The highest BCUT2D eigenvalue weighted by Crippen LogP contribution is 2.33. The Labute approximate surface area is 118 Å². The molecule has 0 fully saturated rings. The number of aryl methyl sites for hydroxylation is 1. The van der Waals surface area contributed by atoms with E-state index in [0.29, 0.717) is 6.54 Å². The number of rotatable bonds is 3. The van der Waals surface area contributed by atoms with Crippen molar-refractivity contribution in [3.05, 3.63) is 53.5 Å². The molecule has 4 nitrogen and oxygen atoms in total. The van der Waals surface area contributed by atoms with Gasteiger partial charge < -0.3 is 14.6 Å². The normalized spacial score (nSPS) is 17.8. The van der Waals surface area contributed by atoms with E-state index in [1.165, 1.54) is 0 Å². The third-order valence-electron chi connectivity index (χ3n) is 3.52. The van der Waals surface area contributed by atoms with Gasteiger partial charge in [0.2, 0.25) is 0 Å². The van der Waals surface area contributed by atoms with Crippen LogP contribution in [0.4, 0.5) is 5.69 Å². The summed E-state index contributed by atoms with van der Waals surface area (Å²) in [5, 5.41) is 3.40. The molecule has 1 N–H and O–H groups in total. The number of hydrogen-bond donors (Lipinski definition) is 1. The highest BCUT2D eigenvalue weighted by Gasteiger charge is 2.33. The first kappa shape index (κ1) is 12.8. The molecule has 0 radical (unpaired) electrons. The number of para-hydroxylation sites is 1. The van der Waals surface area contributed by atoms with Crippen LogP contribution in [0.2, 0.25) is 0 Å². The van der Waals surface area contributed by atoms with E-state index in [-0.39, 0.29) is 12.1 Å². The largest absolute Gasteiger partial charge is 0.462 e. The second-order valence-electron chi connectivity index (χ2n) is 5.04. The molecule has 0 spiro atoms. The predicted octanol–water partition coefficient (Wildman–Crippen LogP) is 3.56. The van der Waals surface area contributed by atoms with Gasteiger partial charge in [-0.1, -0.05) is 19.1 Å². The Balaban J connectivity index is 2.03. The van der Waals surface area contributed by atoms with E-state index in [9.17, 15) is 4.79 Å². The molecule has 1 unspecified atom stereocenters. The van der Waals surface area contributed by atoms with Crippen molar-refractivity contribution in [2.45, 2.75) is 26.4 Å². The van der Waals surface area contributed by atoms with Gasteiger partial charge in [-0.05, 0) is 37.6 Å². The number of nitrogens with one attached hydrogen (secondary N) is 1. The fourth-order valence-corrected chi connectivity index (χ4v) is 2.59. The van der Waals surface area contributed by atoms with Crippen LogP contribution in [0.3, 0.4) is 0 Å². The lowest BCUT2D eigenvalue weighted by Crippen LogP contribution is -2.43. The van der Waals surface area contributed by atoms with Gasteiger partial charge >= 0.3 is 0 Å². The molecule has 0 aliphatic carbocycles. The summed E-state index contributed by atoms with van der Waals surface area (Å²) < 4.78 is 5.71. The Morgan fingerprint density at radius 2 is 2.05 bits per heavy atom. The summed E-state index contributed by atoms with van der Waals surface area (Å²) in [4.78, 5) is 14.5. The molecule has 20 heavy (non-hydrogen) atoms. The maximum atomic E-state index is 12.6. The van der Waals surface area contributed by atoms with Crippen LogP contribution in [0.5, 0.6) is 0 Å². The van der Waals surface area contributed by atoms with Gasteiger partial charge in [-0.3, -0.25) is 4.79 Å².